The van der Waals surface area contributed by atoms with E-state index in [-0.39, 0.29) is 31.7 Å². The first-order valence-corrected chi connectivity index (χ1v) is 8.96. The lowest BCUT2D eigenvalue weighted by atomic mass is 10.1. The maximum atomic E-state index is 12.9. The van der Waals surface area contributed by atoms with Crippen LogP contribution in [0.5, 0.6) is 0 Å². The summed E-state index contributed by atoms with van der Waals surface area (Å²) < 4.78 is 5.39. The van der Waals surface area contributed by atoms with E-state index in [1.54, 1.807) is 48.5 Å². The largest absolute Gasteiger partial charge is 0.449 e. The number of para-hydroxylation sites is 2. The zero-order valence-electron chi connectivity index (χ0n) is 15.7. The lowest BCUT2D eigenvalue weighted by Gasteiger charge is -2.25. The Morgan fingerprint density at radius 3 is 2.54 bits per heavy atom. The van der Waals surface area contributed by atoms with Crippen LogP contribution in [0.2, 0.25) is 0 Å². The fourth-order valence-corrected chi connectivity index (χ4v) is 2.64. The number of nitrogens with zero attached hydrogens (tertiary/aromatic N) is 2. The normalized spacial score (nSPS) is 11.2. The Balaban J connectivity index is 2.14. The van der Waals surface area contributed by atoms with Crippen LogP contribution in [0.4, 0.5) is 11.4 Å². The van der Waals surface area contributed by atoms with Crippen LogP contribution in [0, 0.1) is 11.3 Å². The van der Waals surface area contributed by atoms with Gasteiger partial charge in [0, 0.05) is 24.5 Å². The van der Waals surface area contributed by atoms with Gasteiger partial charge in [0.15, 0.2) is 6.10 Å². The van der Waals surface area contributed by atoms with Crippen molar-refractivity contribution < 1.29 is 19.4 Å². The van der Waals surface area contributed by atoms with Crippen molar-refractivity contribution in [1.29, 1.82) is 5.26 Å². The fraction of sp³-hybridized carbons (Fsp3) is 0.286. The molecule has 0 bridgehead atoms. The Morgan fingerprint density at radius 1 is 1.18 bits per heavy atom. The standard InChI is InChI=1S/C21H23N3O4/c1-16(20(26)24(14-7-12-22)17-8-3-2-4-9-17)28-21(27)18-10-5-6-11-19(18)23-13-15-25/h2-6,8-11,16,23,25H,7,13-15H2,1H3. The first-order chi connectivity index (χ1) is 13.6. The highest BCUT2D eigenvalue weighted by molar-refractivity contribution is 6.00. The van der Waals surface area contributed by atoms with E-state index in [9.17, 15) is 9.59 Å². The van der Waals surface area contributed by atoms with E-state index >= 15 is 0 Å². The fourth-order valence-electron chi connectivity index (χ4n) is 2.64. The summed E-state index contributed by atoms with van der Waals surface area (Å²) in [4.78, 5) is 26.9. The quantitative estimate of drug-likeness (QED) is 0.647. The lowest BCUT2D eigenvalue weighted by Crippen LogP contribution is -2.40. The number of nitrogens with one attached hydrogen (secondary N) is 1. The van der Waals surface area contributed by atoms with Crippen molar-refractivity contribution >= 4 is 23.3 Å². The molecule has 0 radical (unpaired) electrons. The number of hydrogen-bond donors (Lipinski definition) is 2. The maximum absolute atomic E-state index is 12.9. The first-order valence-electron chi connectivity index (χ1n) is 8.96. The molecule has 146 valence electrons. The summed E-state index contributed by atoms with van der Waals surface area (Å²) in [5.74, 6) is -1.05. The third-order valence-corrected chi connectivity index (χ3v) is 3.99. The second kappa shape index (κ2) is 10.7. The molecular formula is C21H23N3O4. The minimum absolute atomic E-state index is 0.0802. The van der Waals surface area contributed by atoms with Crippen molar-refractivity contribution in [3.8, 4) is 6.07 Å². The topological polar surface area (TPSA) is 103 Å². The Labute approximate surface area is 164 Å². The second-order valence-electron chi connectivity index (χ2n) is 5.98. The molecule has 0 aliphatic heterocycles. The highest BCUT2D eigenvalue weighted by Crippen LogP contribution is 2.19. The maximum Gasteiger partial charge on any atom is 0.341 e. The van der Waals surface area contributed by atoms with Crippen LogP contribution in [-0.4, -0.2) is 42.8 Å². The number of amides is 1. The van der Waals surface area contributed by atoms with E-state index in [1.165, 1.54) is 11.8 Å². The van der Waals surface area contributed by atoms with Gasteiger partial charge in [0.05, 0.1) is 24.7 Å². The SMILES string of the molecule is CC(OC(=O)c1ccccc1NCCO)C(=O)N(CCC#N)c1ccccc1. The monoisotopic (exact) mass is 381 g/mol. The average Bonchev–Trinajstić information content (AvgIpc) is 2.73. The lowest BCUT2D eigenvalue weighted by molar-refractivity contribution is -0.126. The minimum Gasteiger partial charge on any atom is -0.449 e. The number of carbonyl (C=O) groups excluding carboxylic acids is 2. The molecule has 28 heavy (non-hydrogen) atoms. The molecule has 0 aliphatic rings. The number of esters is 1. The predicted molar refractivity (Wildman–Crippen MR) is 106 cm³/mol. The molecule has 2 aromatic rings. The molecule has 0 aliphatic carbocycles. The molecule has 2 rings (SSSR count). The Bertz CT molecular complexity index is 833. The van der Waals surface area contributed by atoms with Gasteiger partial charge in [-0.25, -0.2) is 4.79 Å². The molecule has 1 unspecified atom stereocenters. The number of benzene rings is 2. The van der Waals surface area contributed by atoms with Crippen molar-refractivity contribution in [3.63, 3.8) is 0 Å². The number of aliphatic hydroxyl groups is 1. The van der Waals surface area contributed by atoms with Crippen LogP contribution in [0.25, 0.3) is 0 Å². The van der Waals surface area contributed by atoms with Crippen LogP contribution in [-0.2, 0) is 9.53 Å². The van der Waals surface area contributed by atoms with Gasteiger partial charge >= 0.3 is 5.97 Å². The van der Waals surface area contributed by atoms with Gasteiger partial charge in [-0.1, -0.05) is 30.3 Å². The van der Waals surface area contributed by atoms with Crippen molar-refractivity contribution in [1.82, 2.24) is 0 Å². The average molecular weight is 381 g/mol. The third kappa shape index (κ3) is 5.56. The molecule has 7 nitrogen and oxygen atoms in total. The first kappa shape index (κ1) is 20.9. The summed E-state index contributed by atoms with van der Waals surface area (Å²) in [5.41, 5.74) is 1.43. The summed E-state index contributed by atoms with van der Waals surface area (Å²) in [6.45, 7) is 1.92. The summed E-state index contributed by atoms with van der Waals surface area (Å²) in [7, 11) is 0. The summed E-state index contributed by atoms with van der Waals surface area (Å²) in [6.07, 6.45) is -0.868. The number of anilines is 2. The molecule has 2 aromatic carbocycles. The third-order valence-electron chi connectivity index (χ3n) is 3.99. The molecule has 2 N–H and O–H groups in total. The van der Waals surface area contributed by atoms with Gasteiger partial charge in [0.25, 0.3) is 5.91 Å². The summed E-state index contributed by atoms with van der Waals surface area (Å²) in [6, 6.07) is 17.7. The zero-order valence-corrected chi connectivity index (χ0v) is 15.7. The highest BCUT2D eigenvalue weighted by Gasteiger charge is 2.26. The van der Waals surface area contributed by atoms with Crippen LogP contribution in [0.3, 0.4) is 0 Å². The number of rotatable bonds is 9. The van der Waals surface area contributed by atoms with Crippen LogP contribution >= 0.6 is 0 Å². The van der Waals surface area contributed by atoms with Crippen molar-refractivity contribution in [2.24, 2.45) is 0 Å². The van der Waals surface area contributed by atoms with Crippen molar-refractivity contribution in [2.45, 2.75) is 19.4 Å². The van der Waals surface area contributed by atoms with E-state index in [0.29, 0.717) is 11.4 Å². The smallest absolute Gasteiger partial charge is 0.341 e. The predicted octanol–water partition coefficient (Wildman–Crippen LogP) is 2.58. The molecule has 1 atom stereocenters. The Morgan fingerprint density at radius 2 is 1.86 bits per heavy atom. The van der Waals surface area contributed by atoms with E-state index < -0.39 is 18.0 Å². The second-order valence-corrected chi connectivity index (χ2v) is 5.98. The Kier molecular flexibility index (Phi) is 8.00. The molecule has 0 saturated carbocycles. The van der Waals surface area contributed by atoms with Crippen molar-refractivity contribution in [3.05, 3.63) is 60.2 Å². The van der Waals surface area contributed by atoms with E-state index in [2.05, 4.69) is 5.32 Å². The molecule has 1 amide bonds. The van der Waals surface area contributed by atoms with E-state index in [4.69, 9.17) is 15.1 Å². The minimum atomic E-state index is -1.03. The molecule has 0 aromatic heterocycles. The van der Waals surface area contributed by atoms with E-state index in [0.717, 1.165) is 0 Å². The van der Waals surface area contributed by atoms with Gasteiger partial charge in [-0.15, -0.1) is 0 Å². The summed E-state index contributed by atoms with van der Waals surface area (Å²) >= 11 is 0. The number of aliphatic hydroxyl groups excluding tert-OH is 1. The van der Waals surface area contributed by atoms with Crippen LogP contribution in [0.1, 0.15) is 23.7 Å². The molecule has 7 heteroatoms. The zero-order chi connectivity index (χ0) is 20.4. The van der Waals surface area contributed by atoms with Crippen molar-refractivity contribution in [2.75, 3.05) is 29.9 Å². The number of ether oxygens (including phenoxy) is 1. The highest BCUT2D eigenvalue weighted by atomic mass is 16.5. The van der Waals surface area contributed by atoms with Gasteiger partial charge in [-0.05, 0) is 31.2 Å². The number of hydrogen-bond acceptors (Lipinski definition) is 6. The van der Waals surface area contributed by atoms with Crippen LogP contribution < -0.4 is 10.2 Å². The van der Waals surface area contributed by atoms with Gasteiger partial charge in [-0.2, -0.15) is 5.26 Å². The van der Waals surface area contributed by atoms with Gasteiger partial charge in [-0.3, -0.25) is 4.79 Å². The number of nitriles is 1. The molecule has 0 fully saturated rings. The van der Waals surface area contributed by atoms with Gasteiger partial charge in [0.2, 0.25) is 0 Å². The number of carbonyl (C=O) groups is 2. The molecular weight excluding hydrogens is 358 g/mol. The van der Waals surface area contributed by atoms with E-state index in [1.807, 2.05) is 12.1 Å². The molecule has 0 heterocycles. The molecule has 0 spiro atoms. The summed E-state index contributed by atoms with van der Waals surface area (Å²) in [5, 5.41) is 20.8. The van der Waals surface area contributed by atoms with Crippen LogP contribution in [0.15, 0.2) is 54.6 Å². The van der Waals surface area contributed by atoms with Gasteiger partial charge < -0.3 is 20.1 Å². The van der Waals surface area contributed by atoms with Gasteiger partial charge in [0.1, 0.15) is 0 Å². The molecule has 0 saturated heterocycles. The Hall–Kier alpha value is -3.37.